The predicted molar refractivity (Wildman–Crippen MR) is 88.2 cm³/mol. The van der Waals surface area contributed by atoms with Crippen molar-refractivity contribution in [2.75, 3.05) is 0 Å². The second-order valence-electron chi connectivity index (χ2n) is 4.57. The van der Waals surface area contributed by atoms with E-state index in [9.17, 15) is 0 Å². The third-order valence-electron chi connectivity index (χ3n) is 3.10. The quantitative estimate of drug-likeness (QED) is 0.876. The van der Waals surface area contributed by atoms with Gasteiger partial charge in [0.25, 0.3) is 0 Å². The molecule has 1 unspecified atom stereocenters. The Morgan fingerprint density at radius 1 is 1.24 bits per heavy atom. The Labute approximate surface area is 136 Å². The van der Waals surface area contributed by atoms with Crippen molar-refractivity contribution < 1.29 is 0 Å². The van der Waals surface area contributed by atoms with Crippen molar-refractivity contribution in [3.8, 4) is 0 Å². The zero-order valence-electron chi connectivity index (χ0n) is 10.9. The molecular formula is C13H10Cl3N5. The summed E-state index contributed by atoms with van der Waals surface area (Å²) in [7, 11) is 0. The van der Waals surface area contributed by atoms with Crippen LogP contribution >= 0.6 is 34.8 Å². The first kappa shape index (κ1) is 14.5. The van der Waals surface area contributed by atoms with Crippen molar-refractivity contribution in [3.05, 3.63) is 33.8 Å². The number of rotatable bonds is 2. The average Bonchev–Trinajstić information content (AvgIpc) is 2.87. The van der Waals surface area contributed by atoms with E-state index in [0.29, 0.717) is 27.0 Å². The number of aliphatic imine (C=N–C) groups is 3. The highest BCUT2D eigenvalue weighted by Crippen LogP contribution is 2.28. The van der Waals surface area contributed by atoms with Crippen molar-refractivity contribution in [2.45, 2.75) is 13.0 Å². The van der Waals surface area contributed by atoms with E-state index < -0.39 is 0 Å². The second-order valence-corrected chi connectivity index (χ2v) is 5.80. The Hall–Kier alpha value is -1.43. The summed E-state index contributed by atoms with van der Waals surface area (Å²) in [5.74, 6) is 0.728. The molecule has 0 bridgehead atoms. The fourth-order valence-corrected chi connectivity index (χ4v) is 2.83. The van der Waals surface area contributed by atoms with Crippen LogP contribution in [0, 0.1) is 5.92 Å². The number of amidine groups is 1. The van der Waals surface area contributed by atoms with Crippen molar-refractivity contribution in [1.29, 1.82) is 0 Å². The Balaban J connectivity index is 1.90. The molecule has 21 heavy (non-hydrogen) atoms. The van der Waals surface area contributed by atoms with Gasteiger partial charge in [0.05, 0.1) is 6.04 Å². The average molecular weight is 343 g/mol. The smallest absolute Gasteiger partial charge is 0.248 e. The molecular weight excluding hydrogens is 333 g/mol. The highest BCUT2D eigenvalue weighted by molar-refractivity contribution is 6.70. The van der Waals surface area contributed by atoms with Crippen LogP contribution in [-0.2, 0) is 0 Å². The summed E-state index contributed by atoms with van der Waals surface area (Å²) in [6, 6.07) is 5.06. The summed E-state index contributed by atoms with van der Waals surface area (Å²) >= 11 is 18.2. The first-order valence-corrected chi connectivity index (χ1v) is 7.32. The first-order chi connectivity index (χ1) is 10.0. The van der Waals surface area contributed by atoms with Crippen LogP contribution in [-0.4, -0.2) is 23.2 Å². The predicted octanol–water partition coefficient (Wildman–Crippen LogP) is 3.67. The van der Waals surface area contributed by atoms with E-state index in [4.69, 9.17) is 34.8 Å². The van der Waals surface area contributed by atoms with Gasteiger partial charge in [-0.05, 0) is 24.6 Å². The van der Waals surface area contributed by atoms with Crippen LogP contribution in [0.1, 0.15) is 18.5 Å². The molecule has 5 nitrogen and oxygen atoms in total. The summed E-state index contributed by atoms with van der Waals surface area (Å²) in [5, 5.41) is 5.44. The lowest BCUT2D eigenvalue weighted by atomic mass is 10.1. The van der Waals surface area contributed by atoms with Gasteiger partial charge in [-0.15, -0.1) is 0 Å². The van der Waals surface area contributed by atoms with Crippen LogP contribution in [0.4, 0.5) is 0 Å². The Kier molecular flexibility index (Phi) is 3.97. The number of hydrogen-bond donors (Lipinski definition) is 1. The van der Waals surface area contributed by atoms with Crippen LogP contribution in [0.2, 0.25) is 10.0 Å². The molecule has 0 radical (unpaired) electrons. The molecule has 8 heteroatoms. The van der Waals surface area contributed by atoms with Gasteiger partial charge in [0, 0.05) is 16.3 Å². The molecule has 1 aromatic carbocycles. The fraction of sp³-hybridized carbons (Fsp3) is 0.231. The van der Waals surface area contributed by atoms with Gasteiger partial charge in [0.1, 0.15) is 16.9 Å². The highest BCUT2D eigenvalue weighted by Gasteiger charge is 2.28. The van der Waals surface area contributed by atoms with Crippen LogP contribution in [0.15, 0.2) is 38.3 Å². The van der Waals surface area contributed by atoms with Gasteiger partial charge in [-0.1, -0.05) is 40.9 Å². The molecule has 2 aliphatic heterocycles. The minimum Gasteiger partial charge on any atom is -0.264 e. The number of hydrogen-bond acceptors (Lipinski definition) is 3. The van der Waals surface area contributed by atoms with Crippen molar-refractivity contribution >= 4 is 58.0 Å². The van der Waals surface area contributed by atoms with E-state index in [1.54, 1.807) is 18.3 Å². The maximum Gasteiger partial charge on any atom is 0.248 e. The molecule has 108 valence electrons. The second kappa shape index (κ2) is 5.75. The normalized spacial score (nSPS) is 23.4. The summed E-state index contributed by atoms with van der Waals surface area (Å²) in [6.07, 6.45) is 1.65. The van der Waals surface area contributed by atoms with Gasteiger partial charge in [0.2, 0.25) is 5.96 Å². The third kappa shape index (κ3) is 2.95. The largest absolute Gasteiger partial charge is 0.264 e. The molecule has 2 atom stereocenters. The molecule has 0 fully saturated rings. The molecule has 0 amide bonds. The molecule has 0 aromatic heterocycles. The Bertz CT molecular complexity index is 708. The molecule has 1 aromatic rings. The summed E-state index contributed by atoms with van der Waals surface area (Å²) < 4.78 is 0. The fourth-order valence-electron chi connectivity index (χ4n) is 2.03. The first-order valence-electron chi connectivity index (χ1n) is 6.19. The summed E-state index contributed by atoms with van der Waals surface area (Å²) in [5.41, 5.74) is 3.63. The lowest BCUT2D eigenvalue weighted by Crippen LogP contribution is -2.30. The molecule has 0 spiro atoms. The number of halogens is 3. The van der Waals surface area contributed by atoms with Gasteiger partial charge in [0.15, 0.2) is 0 Å². The number of benzene rings is 1. The number of nitrogens with one attached hydrogen (secondary N) is 1. The van der Waals surface area contributed by atoms with E-state index in [1.807, 2.05) is 13.0 Å². The Morgan fingerprint density at radius 3 is 2.81 bits per heavy atom. The van der Waals surface area contributed by atoms with Gasteiger partial charge >= 0.3 is 0 Å². The zero-order valence-corrected chi connectivity index (χ0v) is 13.2. The number of fused-ring (bicyclic) bond motifs is 1. The lowest BCUT2D eigenvalue weighted by molar-refractivity contribution is 0.815. The standard InChI is InChI=1S/C13H10Cl3N5/c1-6(8-3-2-7(14)4-10(8)15)18-13-19-11(16)9-5-17-21-12(9)20-13/h2-6,9H,1H3,(H,18,20,21)/t6-,9?/m1/s1. The van der Waals surface area contributed by atoms with E-state index in [0.717, 1.165) is 5.56 Å². The van der Waals surface area contributed by atoms with E-state index in [2.05, 4.69) is 25.5 Å². The van der Waals surface area contributed by atoms with E-state index in [-0.39, 0.29) is 12.0 Å². The van der Waals surface area contributed by atoms with Gasteiger partial charge in [-0.3, -0.25) is 5.43 Å². The minimum absolute atomic E-state index is 0.194. The molecule has 0 aliphatic carbocycles. The summed E-state index contributed by atoms with van der Waals surface area (Å²) in [4.78, 5) is 12.9. The maximum absolute atomic E-state index is 6.18. The topological polar surface area (TPSA) is 61.5 Å². The van der Waals surface area contributed by atoms with Gasteiger partial charge in [-0.25, -0.2) is 9.98 Å². The van der Waals surface area contributed by atoms with Crippen molar-refractivity contribution in [3.63, 3.8) is 0 Å². The molecule has 1 N–H and O–H groups in total. The van der Waals surface area contributed by atoms with Crippen LogP contribution < -0.4 is 5.43 Å². The molecule has 2 aliphatic rings. The molecule has 0 saturated heterocycles. The van der Waals surface area contributed by atoms with Crippen LogP contribution in [0.3, 0.4) is 0 Å². The molecule has 3 rings (SSSR count). The van der Waals surface area contributed by atoms with Crippen LogP contribution in [0.25, 0.3) is 0 Å². The third-order valence-corrected chi connectivity index (χ3v) is 3.98. The van der Waals surface area contributed by atoms with Gasteiger partial charge in [-0.2, -0.15) is 10.1 Å². The minimum atomic E-state index is -0.221. The summed E-state index contributed by atoms with van der Waals surface area (Å²) in [6.45, 7) is 1.90. The van der Waals surface area contributed by atoms with E-state index >= 15 is 0 Å². The molecule has 0 saturated carbocycles. The lowest BCUT2D eigenvalue weighted by Gasteiger charge is -2.14. The van der Waals surface area contributed by atoms with Crippen molar-refractivity contribution in [2.24, 2.45) is 26.0 Å². The van der Waals surface area contributed by atoms with Gasteiger partial charge < -0.3 is 0 Å². The monoisotopic (exact) mass is 341 g/mol. The zero-order chi connectivity index (χ0) is 15.0. The highest BCUT2D eigenvalue weighted by atomic mass is 35.5. The number of hydrazone groups is 1. The number of guanidine groups is 1. The Morgan fingerprint density at radius 2 is 2.05 bits per heavy atom. The van der Waals surface area contributed by atoms with E-state index in [1.165, 1.54) is 0 Å². The number of nitrogens with zero attached hydrogens (tertiary/aromatic N) is 4. The van der Waals surface area contributed by atoms with Crippen LogP contribution in [0.5, 0.6) is 0 Å². The maximum atomic E-state index is 6.18. The van der Waals surface area contributed by atoms with Crippen molar-refractivity contribution in [1.82, 2.24) is 5.43 Å². The SMILES string of the molecule is C[C@@H](N=C1N=C(Cl)C2C=NNC2=N1)c1ccc(Cl)cc1Cl. The molecule has 2 heterocycles.